The lowest BCUT2D eigenvalue weighted by atomic mass is 9.70. The zero-order valence-corrected chi connectivity index (χ0v) is 27.5. The summed E-state index contributed by atoms with van der Waals surface area (Å²) in [6.07, 6.45) is 15.8. The molecule has 1 unspecified atom stereocenters. The Labute approximate surface area is 265 Å². The minimum atomic E-state index is -1.14. The van der Waals surface area contributed by atoms with Crippen LogP contribution in [0.4, 0.5) is 0 Å². The summed E-state index contributed by atoms with van der Waals surface area (Å²) in [5.74, 6) is 0.0198. The molecule has 9 heteroatoms. The summed E-state index contributed by atoms with van der Waals surface area (Å²) in [5.41, 5.74) is 5.86. The highest BCUT2D eigenvalue weighted by molar-refractivity contribution is 5.85. The average Bonchev–Trinajstić information content (AvgIpc) is 2.96. The number of ether oxygens (including phenoxy) is 1. The molecule has 9 nitrogen and oxygen atoms in total. The summed E-state index contributed by atoms with van der Waals surface area (Å²) in [6, 6.07) is 0. The molecule has 1 aliphatic rings. The molecule has 1 rings (SSSR count). The number of aliphatic hydroxyl groups excluding tert-OH is 4. The first-order valence-corrected chi connectivity index (χ1v) is 16.3. The fourth-order valence-corrected chi connectivity index (χ4v) is 5.75. The number of hydrogen-bond acceptors (Lipinski definition) is 7. The van der Waals surface area contributed by atoms with E-state index in [1.54, 1.807) is 6.08 Å². The topological polar surface area (TPSA) is 162 Å². The molecule has 7 N–H and O–H groups in total. The molecule has 1 saturated carbocycles. The second kappa shape index (κ2) is 21.4. The standard InChI is InChI=1S/C35H60N2O7/c1-25-19-20-28(27(3)26(25)2)22-30(40)34(43)37-33(44-24-38)18-14-15-21-35(4,5)31(41)23-29(39)16-12-10-8-6-7-9-11-13-17-32(36)42/h6-9,13,17,26-31,33,38-41H,1,10-12,14-16,18-24H2,2-5H3,(H2,36,42)(H,37,43)/b8-6-,9-7-,17-13+/t26-,27-,28?,29-,30+,31-,33+/m1/s1. The molecular formula is C35H60N2O7. The summed E-state index contributed by atoms with van der Waals surface area (Å²) < 4.78 is 5.32. The second-order valence-electron chi connectivity index (χ2n) is 13.1. The van der Waals surface area contributed by atoms with Crippen LogP contribution in [0, 0.1) is 23.2 Å². The van der Waals surface area contributed by atoms with Crippen molar-refractivity contribution < 1.29 is 34.8 Å². The van der Waals surface area contributed by atoms with Gasteiger partial charge in [0, 0.05) is 0 Å². The number of carbonyl (C=O) groups excluding carboxylic acids is 2. The number of primary amides is 1. The highest BCUT2D eigenvalue weighted by atomic mass is 16.6. The van der Waals surface area contributed by atoms with E-state index in [1.165, 1.54) is 11.6 Å². The van der Waals surface area contributed by atoms with Gasteiger partial charge in [0.05, 0.1) is 12.2 Å². The molecule has 0 spiro atoms. The lowest BCUT2D eigenvalue weighted by Gasteiger charge is -2.36. The van der Waals surface area contributed by atoms with Crippen LogP contribution in [0.25, 0.3) is 0 Å². The Morgan fingerprint density at radius 1 is 1.09 bits per heavy atom. The Morgan fingerprint density at radius 3 is 2.48 bits per heavy atom. The SMILES string of the molecule is C=C1CCC(C[C@H](O)C(=O)N[C@H](CCCCC(C)(C)[C@H](O)C[C@H](O)CCC/C=C\C=C/C/C=C/C(N)=O)OCO)[C@H](C)[C@@H]1C. The normalized spacial score (nSPS) is 22.5. The van der Waals surface area contributed by atoms with Gasteiger partial charge in [-0.3, -0.25) is 9.59 Å². The molecule has 0 radical (unpaired) electrons. The summed E-state index contributed by atoms with van der Waals surface area (Å²) >= 11 is 0. The van der Waals surface area contributed by atoms with Gasteiger partial charge in [0.2, 0.25) is 5.91 Å². The van der Waals surface area contributed by atoms with Gasteiger partial charge in [-0.2, -0.15) is 0 Å². The molecule has 0 saturated heterocycles. The maximum Gasteiger partial charge on any atom is 0.250 e. The van der Waals surface area contributed by atoms with E-state index in [0.717, 1.165) is 38.5 Å². The van der Waals surface area contributed by atoms with Crippen LogP contribution in [0.15, 0.2) is 48.6 Å². The van der Waals surface area contributed by atoms with Crippen molar-refractivity contribution in [3.05, 3.63) is 48.6 Å². The first-order valence-electron chi connectivity index (χ1n) is 16.3. The van der Waals surface area contributed by atoms with E-state index < -0.39 is 48.6 Å². The van der Waals surface area contributed by atoms with Crippen LogP contribution in [0.3, 0.4) is 0 Å². The Kier molecular flexibility index (Phi) is 19.4. The van der Waals surface area contributed by atoms with Crippen molar-refractivity contribution in [3.63, 3.8) is 0 Å². The molecule has 44 heavy (non-hydrogen) atoms. The van der Waals surface area contributed by atoms with Gasteiger partial charge >= 0.3 is 0 Å². The lowest BCUT2D eigenvalue weighted by molar-refractivity contribution is -0.139. The van der Waals surface area contributed by atoms with E-state index >= 15 is 0 Å². The van der Waals surface area contributed by atoms with E-state index in [4.69, 9.17) is 10.5 Å². The number of rotatable bonds is 22. The Morgan fingerprint density at radius 2 is 1.80 bits per heavy atom. The molecule has 0 aromatic rings. The van der Waals surface area contributed by atoms with Crippen molar-refractivity contribution in [2.75, 3.05) is 6.79 Å². The number of amides is 2. The van der Waals surface area contributed by atoms with Gasteiger partial charge in [-0.15, -0.1) is 0 Å². The van der Waals surface area contributed by atoms with E-state index in [9.17, 15) is 30.0 Å². The van der Waals surface area contributed by atoms with Crippen LogP contribution in [0.1, 0.15) is 105 Å². The average molecular weight is 621 g/mol. The van der Waals surface area contributed by atoms with Crippen molar-refractivity contribution in [1.82, 2.24) is 5.32 Å². The monoisotopic (exact) mass is 620 g/mol. The van der Waals surface area contributed by atoms with Gasteiger partial charge in [-0.1, -0.05) is 76.6 Å². The van der Waals surface area contributed by atoms with Crippen LogP contribution in [0.5, 0.6) is 0 Å². The zero-order valence-electron chi connectivity index (χ0n) is 27.5. The molecule has 1 fully saturated rings. The Balaban J connectivity index is 2.36. The van der Waals surface area contributed by atoms with Crippen LogP contribution in [-0.2, 0) is 14.3 Å². The molecule has 0 aromatic heterocycles. The van der Waals surface area contributed by atoms with Gasteiger partial charge in [-0.05, 0) is 99.9 Å². The van der Waals surface area contributed by atoms with Crippen molar-refractivity contribution in [3.8, 4) is 0 Å². The van der Waals surface area contributed by atoms with Crippen LogP contribution in [-0.4, -0.2) is 63.6 Å². The van der Waals surface area contributed by atoms with Gasteiger partial charge < -0.3 is 36.2 Å². The third kappa shape index (κ3) is 16.1. The second-order valence-corrected chi connectivity index (χ2v) is 13.1. The Hall–Kier alpha value is -2.30. The van der Waals surface area contributed by atoms with Crippen molar-refractivity contribution >= 4 is 11.8 Å². The summed E-state index contributed by atoms with van der Waals surface area (Å²) in [6.45, 7) is 11.9. The number of allylic oxidation sites excluding steroid dienone is 6. The third-order valence-corrected chi connectivity index (χ3v) is 9.20. The predicted molar refractivity (Wildman–Crippen MR) is 175 cm³/mol. The van der Waals surface area contributed by atoms with Crippen LogP contribution >= 0.6 is 0 Å². The molecule has 0 heterocycles. The van der Waals surface area contributed by atoms with Crippen LogP contribution in [0.2, 0.25) is 0 Å². The quantitative estimate of drug-likeness (QED) is 0.0333. The van der Waals surface area contributed by atoms with E-state index in [2.05, 4.69) is 25.7 Å². The molecule has 7 atom stereocenters. The first-order chi connectivity index (χ1) is 20.8. The highest BCUT2D eigenvalue weighted by Crippen LogP contribution is 2.39. The summed E-state index contributed by atoms with van der Waals surface area (Å²) in [7, 11) is 0. The fourth-order valence-electron chi connectivity index (χ4n) is 5.75. The number of nitrogens with one attached hydrogen (secondary N) is 1. The molecule has 0 aromatic carbocycles. The van der Waals surface area contributed by atoms with Crippen molar-refractivity contribution in [1.29, 1.82) is 0 Å². The minimum absolute atomic E-state index is 0.246. The minimum Gasteiger partial charge on any atom is -0.393 e. The van der Waals surface area contributed by atoms with E-state index in [1.807, 2.05) is 38.2 Å². The zero-order chi connectivity index (χ0) is 33.1. The molecule has 0 bridgehead atoms. The number of nitrogens with two attached hydrogens (primary N) is 1. The van der Waals surface area contributed by atoms with E-state index in [0.29, 0.717) is 50.4 Å². The van der Waals surface area contributed by atoms with Crippen LogP contribution < -0.4 is 11.1 Å². The molecule has 1 aliphatic carbocycles. The molecule has 2 amide bonds. The summed E-state index contributed by atoms with van der Waals surface area (Å²) in [5, 5.41) is 43.9. The Bertz CT molecular complexity index is 945. The van der Waals surface area contributed by atoms with Crippen molar-refractivity contribution in [2.24, 2.45) is 28.9 Å². The lowest BCUT2D eigenvalue weighted by Crippen LogP contribution is -2.44. The summed E-state index contributed by atoms with van der Waals surface area (Å²) in [4.78, 5) is 23.3. The predicted octanol–water partition coefficient (Wildman–Crippen LogP) is 4.80. The largest absolute Gasteiger partial charge is 0.393 e. The van der Waals surface area contributed by atoms with Gasteiger partial charge in [0.15, 0.2) is 0 Å². The van der Waals surface area contributed by atoms with Gasteiger partial charge in [0.25, 0.3) is 5.91 Å². The first kappa shape index (κ1) is 39.7. The maximum atomic E-state index is 12.7. The van der Waals surface area contributed by atoms with Gasteiger partial charge in [0.1, 0.15) is 19.1 Å². The maximum absolute atomic E-state index is 12.7. The molecule has 0 aliphatic heterocycles. The smallest absolute Gasteiger partial charge is 0.250 e. The number of carbonyl (C=O) groups is 2. The van der Waals surface area contributed by atoms with Crippen molar-refractivity contribution in [2.45, 2.75) is 129 Å². The molecule has 252 valence electrons. The van der Waals surface area contributed by atoms with Gasteiger partial charge in [-0.25, -0.2) is 0 Å². The highest BCUT2D eigenvalue weighted by Gasteiger charge is 2.33. The number of aliphatic hydroxyl groups is 4. The molecular weight excluding hydrogens is 560 g/mol. The van der Waals surface area contributed by atoms with E-state index in [-0.39, 0.29) is 5.92 Å². The number of unbranched alkanes of at least 4 members (excludes halogenated alkanes) is 2. The fraction of sp³-hybridized carbons (Fsp3) is 0.714. The third-order valence-electron chi connectivity index (χ3n) is 9.20. The number of hydrogen-bond donors (Lipinski definition) is 6.